The molecule has 0 radical (unpaired) electrons. The molecule has 3 N–H and O–H groups in total. The number of aromatic nitrogens is 3. The number of nitrogen functional groups attached to an aromatic ring is 1. The number of carbonyl (C=O) groups is 1. The molecule has 0 bridgehead atoms. The van der Waals surface area contributed by atoms with E-state index < -0.39 is 0 Å². The summed E-state index contributed by atoms with van der Waals surface area (Å²) in [5, 5.41) is 6.28. The topological polar surface area (TPSA) is 97.1 Å². The summed E-state index contributed by atoms with van der Waals surface area (Å²) in [7, 11) is 1.62. The van der Waals surface area contributed by atoms with E-state index in [2.05, 4.69) is 15.2 Å². The molecule has 0 spiro atoms. The van der Waals surface area contributed by atoms with E-state index >= 15 is 0 Å². The molecular formula is C14H17N5O2. The van der Waals surface area contributed by atoms with Crippen LogP contribution in [0.3, 0.4) is 0 Å². The predicted molar refractivity (Wildman–Crippen MR) is 76.7 cm³/mol. The number of ether oxygens (including phenoxy) is 1. The molecule has 0 atom stereocenters. The Bertz CT molecular complexity index is 650. The maximum absolute atomic E-state index is 12.5. The number of nitrogens with zero attached hydrogens (tertiary/aromatic N) is 3. The Hall–Kier alpha value is -2.57. The average Bonchev–Trinajstić information content (AvgIpc) is 3.25. The van der Waals surface area contributed by atoms with Crippen LogP contribution in [0.1, 0.15) is 29.0 Å². The molecule has 7 nitrogen and oxygen atoms in total. The number of nitrogens with one attached hydrogen (secondary N) is 1. The lowest BCUT2D eigenvalue weighted by Gasteiger charge is -2.22. The summed E-state index contributed by atoms with van der Waals surface area (Å²) in [6, 6.07) is 7.92. The molecule has 1 saturated carbocycles. The van der Waals surface area contributed by atoms with Crippen molar-refractivity contribution in [3.05, 3.63) is 35.7 Å². The summed E-state index contributed by atoms with van der Waals surface area (Å²) in [6.07, 6.45) is 2.01. The van der Waals surface area contributed by atoms with Crippen LogP contribution in [0, 0.1) is 0 Å². The van der Waals surface area contributed by atoms with Gasteiger partial charge in [0.2, 0.25) is 11.8 Å². The molecule has 1 fully saturated rings. The van der Waals surface area contributed by atoms with E-state index in [4.69, 9.17) is 10.5 Å². The largest absolute Gasteiger partial charge is 0.496 e. The van der Waals surface area contributed by atoms with Crippen molar-refractivity contribution in [2.45, 2.75) is 25.4 Å². The number of hydrogen-bond acceptors (Lipinski definition) is 5. The van der Waals surface area contributed by atoms with Crippen molar-refractivity contribution in [3.63, 3.8) is 0 Å². The van der Waals surface area contributed by atoms with Gasteiger partial charge in [0.05, 0.1) is 13.7 Å². The van der Waals surface area contributed by atoms with E-state index in [1.54, 1.807) is 12.0 Å². The summed E-state index contributed by atoms with van der Waals surface area (Å²) >= 11 is 0. The van der Waals surface area contributed by atoms with Crippen LogP contribution in [-0.4, -0.2) is 39.1 Å². The van der Waals surface area contributed by atoms with Crippen molar-refractivity contribution in [3.8, 4) is 5.75 Å². The van der Waals surface area contributed by atoms with Gasteiger partial charge in [0, 0.05) is 11.6 Å². The van der Waals surface area contributed by atoms with E-state index in [1.807, 2.05) is 24.3 Å². The molecular weight excluding hydrogens is 270 g/mol. The molecule has 0 unspecified atom stereocenters. The van der Waals surface area contributed by atoms with Crippen molar-refractivity contribution in [2.75, 3.05) is 12.8 Å². The van der Waals surface area contributed by atoms with E-state index in [-0.39, 0.29) is 23.7 Å². The van der Waals surface area contributed by atoms with Crippen molar-refractivity contribution < 1.29 is 9.53 Å². The van der Waals surface area contributed by atoms with E-state index in [9.17, 15) is 4.79 Å². The molecule has 1 aromatic carbocycles. The van der Waals surface area contributed by atoms with Crippen LogP contribution in [0.2, 0.25) is 0 Å². The third-order valence-corrected chi connectivity index (χ3v) is 3.49. The van der Waals surface area contributed by atoms with Gasteiger partial charge in [-0.2, -0.15) is 4.98 Å². The van der Waals surface area contributed by atoms with Crippen LogP contribution in [-0.2, 0) is 6.54 Å². The number of anilines is 1. The smallest absolute Gasteiger partial charge is 0.291 e. The lowest BCUT2D eigenvalue weighted by Crippen LogP contribution is -2.33. The molecule has 3 rings (SSSR count). The van der Waals surface area contributed by atoms with Gasteiger partial charge in [0.25, 0.3) is 5.91 Å². The number of nitrogens with two attached hydrogens (primary N) is 1. The Kier molecular flexibility index (Phi) is 3.47. The van der Waals surface area contributed by atoms with Gasteiger partial charge in [-0.3, -0.25) is 9.89 Å². The molecule has 0 aliphatic heterocycles. The number of para-hydroxylation sites is 1. The molecule has 2 aromatic rings. The first-order valence-electron chi connectivity index (χ1n) is 6.80. The normalized spacial score (nSPS) is 14.0. The Morgan fingerprint density at radius 2 is 2.24 bits per heavy atom. The monoisotopic (exact) mass is 287 g/mol. The average molecular weight is 287 g/mol. The molecule has 1 aliphatic carbocycles. The zero-order valence-electron chi connectivity index (χ0n) is 11.7. The third-order valence-electron chi connectivity index (χ3n) is 3.49. The number of carbonyl (C=O) groups excluding carboxylic acids is 1. The van der Waals surface area contributed by atoms with Gasteiger partial charge in [-0.25, -0.2) is 0 Å². The zero-order valence-corrected chi connectivity index (χ0v) is 11.7. The summed E-state index contributed by atoms with van der Waals surface area (Å²) in [5.74, 6) is 0.835. The summed E-state index contributed by atoms with van der Waals surface area (Å²) < 4.78 is 5.34. The molecule has 1 heterocycles. The molecule has 110 valence electrons. The number of benzene rings is 1. The number of hydrogen-bond donors (Lipinski definition) is 2. The highest BCUT2D eigenvalue weighted by molar-refractivity contribution is 5.91. The molecule has 0 saturated heterocycles. The number of amides is 1. The second-order valence-electron chi connectivity index (χ2n) is 5.02. The van der Waals surface area contributed by atoms with Crippen LogP contribution >= 0.6 is 0 Å². The SMILES string of the molecule is COc1ccccc1CN(C(=O)c1nc(N)n[nH]1)C1CC1. The van der Waals surface area contributed by atoms with Crippen LogP contribution in [0.5, 0.6) is 5.75 Å². The Morgan fingerprint density at radius 1 is 1.48 bits per heavy atom. The van der Waals surface area contributed by atoms with Gasteiger partial charge in [-0.1, -0.05) is 18.2 Å². The molecule has 1 amide bonds. The quantitative estimate of drug-likeness (QED) is 0.861. The zero-order chi connectivity index (χ0) is 14.8. The first-order valence-corrected chi connectivity index (χ1v) is 6.80. The van der Waals surface area contributed by atoms with Gasteiger partial charge in [0.15, 0.2) is 0 Å². The molecule has 7 heteroatoms. The van der Waals surface area contributed by atoms with E-state index in [1.165, 1.54) is 0 Å². The van der Waals surface area contributed by atoms with Crippen molar-refractivity contribution in [1.29, 1.82) is 0 Å². The Labute approximate surface area is 122 Å². The summed E-state index contributed by atoms with van der Waals surface area (Å²) in [4.78, 5) is 18.2. The van der Waals surface area contributed by atoms with Crippen molar-refractivity contribution in [2.24, 2.45) is 0 Å². The molecule has 1 aromatic heterocycles. The minimum Gasteiger partial charge on any atom is -0.496 e. The first-order chi connectivity index (χ1) is 10.2. The molecule has 21 heavy (non-hydrogen) atoms. The second-order valence-corrected chi connectivity index (χ2v) is 5.02. The number of rotatable bonds is 5. The maximum Gasteiger partial charge on any atom is 0.291 e. The van der Waals surface area contributed by atoms with Gasteiger partial charge in [-0.05, 0) is 18.9 Å². The summed E-state index contributed by atoms with van der Waals surface area (Å²) in [5.41, 5.74) is 6.43. The third kappa shape index (κ3) is 2.81. The lowest BCUT2D eigenvalue weighted by atomic mass is 10.2. The van der Waals surface area contributed by atoms with E-state index in [0.29, 0.717) is 6.54 Å². The highest BCUT2D eigenvalue weighted by Gasteiger charge is 2.34. The van der Waals surface area contributed by atoms with Gasteiger partial charge in [-0.15, -0.1) is 5.10 Å². The number of H-pyrrole nitrogens is 1. The van der Waals surface area contributed by atoms with Gasteiger partial charge in [0.1, 0.15) is 5.75 Å². The molecule has 1 aliphatic rings. The summed E-state index contributed by atoms with van der Waals surface area (Å²) in [6.45, 7) is 0.480. The minimum atomic E-state index is -0.187. The van der Waals surface area contributed by atoms with Gasteiger partial charge < -0.3 is 15.4 Å². The van der Waals surface area contributed by atoms with Gasteiger partial charge >= 0.3 is 0 Å². The fraction of sp³-hybridized carbons (Fsp3) is 0.357. The number of aromatic amines is 1. The Morgan fingerprint density at radius 3 is 2.86 bits per heavy atom. The standard InChI is InChI=1S/C14H17N5O2/c1-21-11-5-3-2-4-9(11)8-19(10-6-7-10)13(20)12-16-14(15)18-17-12/h2-5,10H,6-8H2,1H3,(H3,15,16,17,18). The Balaban J connectivity index is 1.83. The first kappa shape index (κ1) is 13.4. The highest BCUT2D eigenvalue weighted by Crippen LogP contribution is 2.31. The van der Waals surface area contributed by atoms with Crippen LogP contribution in [0.25, 0.3) is 0 Å². The van der Waals surface area contributed by atoms with E-state index in [0.717, 1.165) is 24.2 Å². The fourth-order valence-corrected chi connectivity index (χ4v) is 2.28. The van der Waals surface area contributed by atoms with Crippen LogP contribution in [0.4, 0.5) is 5.95 Å². The lowest BCUT2D eigenvalue weighted by molar-refractivity contribution is 0.0717. The fourth-order valence-electron chi connectivity index (χ4n) is 2.28. The van der Waals surface area contributed by atoms with Crippen LogP contribution in [0.15, 0.2) is 24.3 Å². The van der Waals surface area contributed by atoms with Crippen LogP contribution < -0.4 is 10.5 Å². The number of methoxy groups -OCH3 is 1. The second kappa shape index (κ2) is 5.43. The van der Waals surface area contributed by atoms with Crippen molar-refractivity contribution in [1.82, 2.24) is 20.1 Å². The minimum absolute atomic E-state index is 0.0754. The highest BCUT2D eigenvalue weighted by atomic mass is 16.5. The van der Waals surface area contributed by atoms with Crippen molar-refractivity contribution >= 4 is 11.9 Å². The maximum atomic E-state index is 12.5. The predicted octanol–water partition coefficient (Wildman–Crippen LogP) is 1.20.